The van der Waals surface area contributed by atoms with Gasteiger partial charge in [0.15, 0.2) is 0 Å². The molecular weight excluding hydrogens is 328 g/mol. The number of hydrogen-bond acceptors (Lipinski definition) is 3. The molecule has 2 saturated heterocycles. The van der Waals surface area contributed by atoms with Gasteiger partial charge in [-0.15, -0.1) is 0 Å². The number of amides is 1. The van der Waals surface area contributed by atoms with E-state index >= 15 is 0 Å². The molecule has 5 heteroatoms. The van der Waals surface area contributed by atoms with E-state index < -0.39 is 5.97 Å². The van der Waals surface area contributed by atoms with E-state index in [-0.39, 0.29) is 0 Å². The highest BCUT2D eigenvalue weighted by atomic mass is 16.4. The highest BCUT2D eigenvalue weighted by molar-refractivity contribution is 5.87. The summed E-state index contributed by atoms with van der Waals surface area (Å²) in [5.74, 6) is 0.0478. The number of hydrogen-bond donors (Lipinski definition) is 1. The van der Waals surface area contributed by atoms with Crippen LogP contribution >= 0.6 is 0 Å². The largest absolute Gasteiger partial charge is 0.478 e. The summed E-state index contributed by atoms with van der Waals surface area (Å²) < 4.78 is 0. The minimum Gasteiger partial charge on any atom is -0.478 e. The third-order valence-electron chi connectivity index (χ3n) is 5.81. The molecule has 0 aliphatic carbocycles. The van der Waals surface area contributed by atoms with Crippen LogP contribution in [0.15, 0.2) is 24.3 Å². The average molecular weight is 358 g/mol. The summed E-state index contributed by atoms with van der Waals surface area (Å²) in [5, 5.41) is 9.14. The van der Waals surface area contributed by atoms with Crippen LogP contribution in [-0.2, 0) is 11.2 Å². The van der Waals surface area contributed by atoms with Crippen LogP contribution in [0.25, 0.3) is 0 Å². The van der Waals surface area contributed by atoms with E-state index in [1.807, 2.05) is 23.1 Å². The number of carbonyl (C=O) groups is 2. The molecule has 1 atom stereocenters. The van der Waals surface area contributed by atoms with Crippen LogP contribution in [0.2, 0.25) is 0 Å². The molecule has 2 aliphatic heterocycles. The smallest absolute Gasteiger partial charge is 0.335 e. The molecule has 26 heavy (non-hydrogen) atoms. The summed E-state index contributed by atoms with van der Waals surface area (Å²) in [6.45, 7) is 6.06. The van der Waals surface area contributed by atoms with E-state index in [4.69, 9.17) is 5.11 Å². The fraction of sp³-hybridized carbons (Fsp3) is 0.619. The molecule has 142 valence electrons. The van der Waals surface area contributed by atoms with Crippen molar-refractivity contribution in [2.45, 2.75) is 51.5 Å². The number of carbonyl (C=O) groups excluding carboxylic acids is 1. The molecule has 1 aromatic carbocycles. The third-order valence-corrected chi connectivity index (χ3v) is 5.81. The molecule has 0 spiro atoms. The van der Waals surface area contributed by atoms with Crippen molar-refractivity contribution >= 4 is 11.9 Å². The van der Waals surface area contributed by atoms with Crippen molar-refractivity contribution < 1.29 is 14.7 Å². The van der Waals surface area contributed by atoms with Crippen LogP contribution in [-0.4, -0.2) is 59.0 Å². The lowest BCUT2D eigenvalue weighted by Gasteiger charge is -2.37. The molecule has 2 fully saturated rings. The molecule has 1 N–H and O–H groups in total. The second-order valence-corrected chi connectivity index (χ2v) is 7.72. The molecule has 2 aliphatic rings. The Labute approximate surface area is 156 Å². The van der Waals surface area contributed by atoms with Gasteiger partial charge in [0.25, 0.3) is 0 Å². The Kier molecular flexibility index (Phi) is 6.30. The molecule has 1 aromatic rings. The molecule has 0 aromatic heterocycles. The van der Waals surface area contributed by atoms with Gasteiger partial charge in [0, 0.05) is 32.1 Å². The van der Waals surface area contributed by atoms with E-state index in [9.17, 15) is 9.59 Å². The summed E-state index contributed by atoms with van der Waals surface area (Å²) in [6, 6.07) is 7.93. The number of carboxylic acid groups (broad SMARTS) is 1. The minimum atomic E-state index is -0.857. The van der Waals surface area contributed by atoms with Crippen molar-refractivity contribution in [2.75, 3.05) is 26.2 Å². The second kappa shape index (κ2) is 8.67. The number of likely N-dealkylation sites (tertiary alicyclic amines) is 2. The van der Waals surface area contributed by atoms with Crippen LogP contribution in [0, 0.1) is 5.92 Å². The fourth-order valence-electron chi connectivity index (χ4n) is 4.38. The van der Waals surface area contributed by atoms with Crippen molar-refractivity contribution in [3.63, 3.8) is 0 Å². The summed E-state index contributed by atoms with van der Waals surface area (Å²) in [7, 11) is 0. The van der Waals surface area contributed by atoms with E-state index in [1.165, 1.54) is 6.42 Å². The minimum absolute atomic E-state index is 0.309. The van der Waals surface area contributed by atoms with E-state index in [0.29, 0.717) is 29.9 Å². The number of rotatable bonds is 6. The van der Waals surface area contributed by atoms with Crippen LogP contribution < -0.4 is 0 Å². The molecule has 5 nitrogen and oxygen atoms in total. The Morgan fingerprint density at radius 3 is 2.62 bits per heavy atom. The maximum Gasteiger partial charge on any atom is 0.335 e. The Morgan fingerprint density at radius 1 is 1.15 bits per heavy atom. The average Bonchev–Trinajstić information content (AvgIpc) is 3.11. The van der Waals surface area contributed by atoms with Crippen LogP contribution in [0.1, 0.15) is 54.9 Å². The standard InChI is InChI=1S/C21H30N2O3/c1-2-4-20(24)22-11-8-19(9-12-22)23-10-7-17(15-23)13-16-5-3-6-18(14-16)21(25)26/h3,5-6,14,17,19H,2,4,7-13,15H2,1H3,(H,25,26). The van der Waals surface area contributed by atoms with Gasteiger partial charge in [0.2, 0.25) is 5.91 Å². The van der Waals surface area contributed by atoms with E-state index in [0.717, 1.165) is 57.4 Å². The first-order valence-electron chi connectivity index (χ1n) is 9.91. The predicted molar refractivity (Wildman–Crippen MR) is 101 cm³/mol. The van der Waals surface area contributed by atoms with Gasteiger partial charge in [-0.25, -0.2) is 4.79 Å². The summed E-state index contributed by atoms with van der Waals surface area (Å²) >= 11 is 0. The van der Waals surface area contributed by atoms with Gasteiger partial charge in [-0.1, -0.05) is 19.1 Å². The summed E-state index contributed by atoms with van der Waals surface area (Å²) in [5.41, 5.74) is 1.50. The molecule has 1 unspecified atom stereocenters. The first-order valence-corrected chi connectivity index (χ1v) is 9.91. The zero-order valence-corrected chi connectivity index (χ0v) is 15.7. The van der Waals surface area contributed by atoms with E-state index in [2.05, 4.69) is 11.8 Å². The highest BCUT2D eigenvalue weighted by Crippen LogP contribution is 2.27. The molecule has 1 amide bonds. The number of carboxylic acids is 1. The van der Waals surface area contributed by atoms with Crippen LogP contribution in [0.3, 0.4) is 0 Å². The van der Waals surface area contributed by atoms with Crippen molar-refractivity contribution in [2.24, 2.45) is 5.92 Å². The quantitative estimate of drug-likeness (QED) is 0.849. The van der Waals surface area contributed by atoms with Gasteiger partial charge < -0.3 is 10.0 Å². The predicted octanol–water partition coefficient (Wildman–Crippen LogP) is 3.04. The Balaban J connectivity index is 1.48. The SMILES string of the molecule is CCCC(=O)N1CCC(N2CCC(Cc3cccc(C(=O)O)c3)C2)CC1. The Morgan fingerprint density at radius 2 is 1.92 bits per heavy atom. The first kappa shape index (κ1) is 18.9. The molecule has 0 saturated carbocycles. The first-order chi connectivity index (χ1) is 12.6. The van der Waals surface area contributed by atoms with Gasteiger partial charge in [-0.2, -0.15) is 0 Å². The number of benzene rings is 1. The molecular formula is C21H30N2O3. The Hall–Kier alpha value is -1.88. The summed E-state index contributed by atoms with van der Waals surface area (Å²) in [6.07, 6.45) is 5.88. The van der Waals surface area contributed by atoms with Crippen molar-refractivity contribution in [3.05, 3.63) is 35.4 Å². The zero-order chi connectivity index (χ0) is 18.5. The Bertz CT molecular complexity index is 638. The van der Waals surface area contributed by atoms with Crippen LogP contribution in [0.4, 0.5) is 0 Å². The maximum absolute atomic E-state index is 12.0. The number of aromatic carboxylic acids is 1. The lowest BCUT2D eigenvalue weighted by atomic mass is 9.97. The molecule has 2 heterocycles. The van der Waals surface area contributed by atoms with Gasteiger partial charge in [-0.3, -0.25) is 9.69 Å². The normalized spacial score (nSPS) is 21.9. The number of nitrogens with zero attached hydrogens (tertiary/aromatic N) is 2. The monoisotopic (exact) mass is 358 g/mol. The van der Waals surface area contributed by atoms with Gasteiger partial charge in [-0.05, 0) is 62.3 Å². The molecule has 0 radical (unpaired) electrons. The number of piperidine rings is 1. The van der Waals surface area contributed by atoms with Crippen molar-refractivity contribution in [1.29, 1.82) is 0 Å². The summed E-state index contributed by atoms with van der Waals surface area (Å²) in [4.78, 5) is 27.8. The second-order valence-electron chi connectivity index (χ2n) is 7.72. The van der Waals surface area contributed by atoms with Gasteiger partial charge >= 0.3 is 5.97 Å². The lowest BCUT2D eigenvalue weighted by Crippen LogP contribution is -2.46. The van der Waals surface area contributed by atoms with Crippen molar-refractivity contribution in [3.8, 4) is 0 Å². The van der Waals surface area contributed by atoms with E-state index in [1.54, 1.807) is 6.07 Å². The van der Waals surface area contributed by atoms with Crippen molar-refractivity contribution in [1.82, 2.24) is 9.80 Å². The lowest BCUT2D eigenvalue weighted by molar-refractivity contribution is -0.132. The third kappa shape index (κ3) is 4.64. The van der Waals surface area contributed by atoms with Crippen LogP contribution in [0.5, 0.6) is 0 Å². The zero-order valence-electron chi connectivity index (χ0n) is 15.7. The maximum atomic E-state index is 12.0. The molecule has 3 rings (SSSR count). The van der Waals surface area contributed by atoms with Gasteiger partial charge in [0.05, 0.1) is 5.56 Å². The fourth-order valence-corrected chi connectivity index (χ4v) is 4.38. The topological polar surface area (TPSA) is 60.9 Å². The van der Waals surface area contributed by atoms with Gasteiger partial charge in [0.1, 0.15) is 0 Å². The highest BCUT2D eigenvalue weighted by Gasteiger charge is 2.31. The molecule has 0 bridgehead atoms.